The Morgan fingerprint density at radius 2 is 1.86 bits per heavy atom. The van der Waals surface area contributed by atoms with E-state index in [1.54, 1.807) is 18.3 Å². The van der Waals surface area contributed by atoms with E-state index in [9.17, 15) is 9.59 Å². The monoisotopic (exact) mass is 297 g/mol. The number of amides is 2. The van der Waals surface area contributed by atoms with Gasteiger partial charge in [-0.3, -0.25) is 14.6 Å². The molecule has 1 aromatic carbocycles. The van der Waals surface area contributed by atoms with E-state index in [1.165, 1.54) is 6.20 Å². The first-order valence-corrected chi connectivity index (χ1v) is 7.14. The molecule has 0 saturated heterocycles. The Hall–Kier alpha value is -2.69. The number of benzene rings is 1. The van der Waals surface area contributed by atoms with Gasteiger partial charge in [0.25, 0.3) is 5.91 Å². The zero-order chi connectivity index (χ0) is 15.9. The molecule has 0 aliphatic heterocycles. The van der Waals surface area contributed by atoms with Gasteiger partial charge in [0.2, 0.25) is 5.91 Å². The Balaban J connectivity index is 1.92. The van der Waals surface area contributed by atoms with Crippen LogP contribution in [0.5, 0.6) is 0 Å². The van der Waals surface area contributed by atoms with Crippen molar-refractivity contribution in [3.05, 3.63) is 59.9 Å². The predicted molar refractivity (Wildman–Crippen MR) is 85.3 cm³/mol. The van der Waals surface area contributed by atoms with E-state index in [4.69, 9.17) is 0 Å². The molecule has 114 valence electrons. The second-order valence-electron chi connectivity index (χ2n) is 5.27. The maximum absolute atomic E-state index is 12.0. The van der Waals surface area contributed by atoms with E-state index >= 15 is 0 Å². The van der Waals surface area contributed by atoms with Crippen LogP contribution in [0.3, 0.4) is 0 Å². The van der Waals surface area contributed by atoms with Crippen molar-refractivity contribution in [2.24, 2.45) is 5.92 Å². The van der Waals surface area contributed by atoms with E-state index in [2.05, 4.69) is 15.6 Å². The highest BCUT2D eigenvalue weighted by Crippen LogP contribution is 2.11. The second-order valence-corrected chi connectivity index (χ2v) is 5.27. The Morgan fingerprint density at radius 1 is 1.14 bits per heavy atom. The molecule has 1 heterocycles. The van der Waals surface area contributed by atoms with Crippen LogP contribution >= 0.6 is 0 Å². The lowest BCUT2D eigenvalue weighted by molar-refractivity contribution is -0.124. The molecule has 2 aromatic rings. The minimum absolute atomic E-state index is 0.0222. The van der Waals surface area contributed by atoms with Crippen molar-refractivity contribution < 1.29 is 9.59 Å². The standard InChI is InChI=1S/C17H19N3O2/c1-12(2)16(21)19-10-13-5-7-15(8-6-13)20-17(22)14-4-3-9-18-11-14/h3-9,11-12H,10H2,1-2H3,(H,19,21)(H,20,22). The highest BCUT2D eigenvalue weighted by molar-refractivity contribution is 6.03. The third-order valence-corrected chi connectivity index (χ3v) is 3.13. The number of pyridine rings is 1. The Morgan fingerprint density at radius 3 is 2.45 bits per heavy atom. The molecular formula is C17H19N3O2. The molecule has 2 amide bonds. The van der Waals surface area contributed by atoms with E-state index in [1.807, 2.05) is 38.1 Å². The third-order valence-electron chi connectivity index (χ3n) is 3.13. The van der Waals surface area contributed by atoms with Crippen LogP contribution in [0.1, 0.15) is 29.8 Å². The first-order valence-electron chi connectivity index (χ1n) is 7.14. The van der Waals surface area contributed by atoms with E-state index < -0.39 is 0 Å². The quantitative estimate of drug-likeness (QED) is 0.891. The SMILES string of the molecule is CC(C)C(=O)NCc1ccc(NC(=O)c2cccnc2)cc1. The van der Waals surface area contributed by atoms with Gasteiger partial charge in [0, 0.05) is 30.5 Å². The van der Waals surface area contributed by atoms with Crippen molar-refractivity contribution in [2.45, 2.75) is 20.4 Å². The van der Waals surface area contributed by atoms with Gasteiger partial charge in [-0.15, -0.1) is 0 Å². The van der Waals surface area contributed by atoms with Crippen molar-refractivity contribution in [3.8, 4) is 0 Å². The fraction of sp³-hybridized carbons (Fsp3) is 0.235. The highest BCUT2D eigenvalue weighted by atomic mass is 16.2. The van der Waals surface area contributed by atoms with Crippen molar-refractivity contribution in [1.82, 2.24) is 10.3 Å². The van der Waals surface area contributed by atoms with Gasteiger partial charge in [-0.2, -0.15) is 0 Å². The molecule has 0 spiro atoms. The summed E-state index contributed by atoms with van der Waals surface area (Å²) in [6, 6.07) is 10.8. The molecule has 0 aliphatic carbocycles. The summed E-state index contributed by atoms with van der Waals surface area (Å²) in [6.45, 7) is 4.19. The van der Waals surface area contributed by atoms with Gasteiger partial charge in [-0.05, 0) is 29.8 Å². The molecule has 0 fully saturated rings. The molecule has 2 N–H and O–H groups in total. The molecule has 1 aromatic heterocycles. The van der Waals surface area contributed by atoms with Crippen LogP contribution in [0, 0.1) is 5.92 Å². The zero-order valence-electron chi connectivity index (χ0n) is 12.7. The maximum atomic E-state index is 12.0. The van der Waals surface area contributed by atoms with Gasteiger partial charge in [0.1, 0.15) is 0 Å². The number of carbonyl (C=O) groups excluding carboxylic acids is 2. The Bertz CT molecular complexity index is 637. The lowest BCUT2D eigenvalue weighted by Crippen LogP contribution is -2.27. The molecular weight excluding hydrogens is 278 g/mol. The Labute approximate surface area is 129 Å². The number of hydrogen-bond donors (Lipinski definition) is 2. The largest absolute Gasteiger partial charge is 0.352 e. The van der Waals surface area contributed by atoms with Crippen molar-refractivity contribution in [3.63, 3.8) is 0 Å². The van der Waals surface area contributed by atoms with Gasteiger partial charge >= 0.3 is 0 Å². The maximum Gasteiger partial charge on any atom is 0.257 e. The Kier molecular flexibility index (Phi) is 5.25. The van der Waals surface area contributed by atoms with Gasteiger partial charge in [-0.1, -0.05) is 26.0 Å². The van der Waals surface area contributed by atoms with Crippen molar-refractivity contribution in [1.29, 1.82) is 0 Å². The van der Waals surface area contributed by atoms with E-state index in [0.717, 1.165) is 5.56 Å². The fourth-order valence-corrected chi connectivity index (χ4v) is 1.80. The normalized spacial score (nSPS) is 10.3. The summed E-state index contributed by atoms with van der Waals surface area (Å²) >= 11 is 0. The summed E-state index contributed by atoms with van der Waals surface area (Å²) in [7, 11) is 0. The smallest absolute Gasteiger partial charge is 0.257 e. The summed E-state index contributed by atoms with van der Waals surface area (Å²) in [5.74, 6) is -0.207. The van der Waals surface area contributed by atoms with Crippen LogP contribution in [0.4, 0.5) is 5.69 Å². The van der Waals surface area contributed by atoms with Gasteiger partial charge in [-0.25, -0.2) is 0 Å². The zero-order valence-corrected chi connectivity index (χ0v) is 12.7. The number of aromatic nitrogens is 1. The summed E-state index contributed by atoms with van der Waals surface area (Å²) in [5, 5.41) is 5.65. The summed E-state index contributed by atoms with van der Waals surface area (Å²) in [4.78, 5) is 27.4. The van der Waals surface area contributed by atoms with Crippen LogP contribution < -0.4 is 10.6 Å². The minimum Gasteiger partial charge on any atom is -0.352 e. The number of nitrogens with zero attached hydrogens (tertiary/aromatic N) is 1. The summed E-state index contributed by atoms with van der Waals surface area (Å²) in [5.41, 5.74) is 2.19. The molecule has 0 atom stereocenters. The fourth-order valence-electron chi connectivity index (χ4n) is 1.80. The number of rotatable bonds is 5. The lowest BCUT2D eigenvalue weighted by atomic mass is 10.1. The number of hydrogen-bond acceptors (Lipinski definition) is 3. The first-order chi connectivity index (χ1) is 10.6. The molecule has 5 heteroatoms. The average molecular weight is 297 g/mol. The van der Waals surface area contributed by atoms with E-state index in [0.29, 0.717) is 17.8 Å². The average Bonchev–Trinajstić information content (AvgIpc) is 2.54. The number of anilines is 1. The lowest BCUT2D eigenvalue weighted by Gasteiger charge is -2.09. The highest BCUT2D eigenvalue weighted by Gasteiger charge is 2.07. The molecule has 5 nitrogen and oxygen atoms in total. The topological polar surface area (TPSA) is 71.1 Å². The van der Waals surface area contributed by atoms with Crippen molar-refractivity contribution >= 4 is 17.5 Å². The van der Waals surface area contributed by atoms with Gasteiger partial charge in [0.05, 0.1) is 5.56 Å². The van der Waals surface area contributed by atoms with Crippen LogP contribution in [0.25, 0.3) is 0 Å². The number of carbonyl (C=O) groups is 2. The summed E-state index contributed by atoms with van der Waals surface area (Å²) in [6.07, 6.45) is 3.14. The van der Waals surface area contributed by atoms with Gasteiger partial charge in [0.15, 0.2) is 0 Å². The second kappa shape index (κ2) is 7.36. The van der Waals surface area contributed by atoms with Crippen LogP contribution in [-0.4, -0.2) is 16.8 Å². The molecule has 0 radical (unpaired) electrons. The van der Waals surface area contributed by atoms with E-state index in [-0.39, 0.29) is 17.7 Å². The molecule has 0 aliphatic rings. The molecule has 0 unspecified atom stereocenters. The molecule has 2 rings (SSSR count). The molecule has 0 bridgehead atoms. The molecule has 22 heavy (non-hydrogen) atoms. The molecule has 0 saturated carbocycles. The third kappa shape index (κ3) is 4.41. The van der Waals surface area contributed by atoms with Crippen LogP contribution in [0.2, 0.25) is 0 Å². The minimum atomic E-state index is -0.200. The first kappa shape index (κ1) is 15.7. The number of nitrogens with one attached hydrogen (secondary N) is 2. The predicted octanol–water partition coefficient (Wildman–Crippen LogP) is 2.61. The van der Waals surface area contributed by atoms with Crippen LogP contribution in [0.15, 0.2) is 48.8 Å². The van der Waals surface area contributed by atoms with Crippen LogP contribution in [-0.2, 0) is 11.3 Å². The van der Waals surface area contributed by atoms with Gasteiger partial charge < -0.3 is 10.6 Å². The van der Waals surface area contributed by atoms with Crippen molar-refractivity contribution in [2.75, 3.05) is 5.32 Å². The summed E-state index contributed by atoms with van der Waals surface area (Å²) < 4.78 is 0.